The first-order valence-electron chi connectivity index (χ1n) is 2.93. The van der Waals surface area contributed by atoms with E-state index < -0.39 is 0 Å². The molecule has 0 rings (SSSR count). The number of rotatable bonds is 3. The molecule has 0 fully saturated rings. The van der Waals surface area contributed by atoms with Crippen LogP contribution in [0.4, 0.5) is 0 Å². The van der Waals surface area contributed by atoms with Crippen LogP contribution in [0.3, 0.4) is 0 Å². The third-order valence-electron chi connectivity index (χ3n) is 0.825. The molecule has 0 aliphatic heterocycles. The van der Waals surface area contributed by atoms with Crippen LogP contribution in [0.5, 0.6) is 0 Å². The lowest BCUT2D eigenvalue weighted by Crippen LogP contribution is -1.62. The van der Waals surface area contributed by atoms with Crippen LogP contribution in [-0.4, -0.2) is 0 Å². The first-order chi connectivity index (χ1) is 3.91. The van der Waals surface area contributed by atoms with Crippen molar-refractivity contribution in [2.45, 2.75) is 26.2 Å². The molecule has 0 heterocycles. The summed E-state index contributed by atoms with van der Waals surface area (Å²) in [5.74, 6) is 0. The standard InChI is InChI=1S/C7H11N/c1-2-3-4-5-6-7-8/h3-4H,2,5-6H2,1H3/b4-3-. The molecule has 0 aliphatic rings. The minimum atomic E-state index is 0.649. The van der Waals surface area contributed by atoms with E-state index in [1.807, 2.05) is 6.08 Å². The van der Waals surface area contributed by atoms with Crippen LogP contribution in [0.25, 0.3) is 0 Å². The highest BCUT2D eigenvalue weighted by molar-refractivity contribution is 4.84. The Morgan fingerprint density at radius 2 is 2.25 bits per heavy atom. The van der Waals surface area contributed by atoms with Gasteiger partial charge in [0.1, 0.15) is 0 Å². The predicted molar refractivity (Wildman–Crippen MR) is 34.3 cm³/mol. The molecule has 8 heavy (non-hydrogen) atoms. The fraction of sp³-hybridized carbons (Fsp3) is 0.571. The van der Waals surface area contributed by atoms with Gasteiger partial charge in [-0.25, -0.2) is 0 Å². The van der Waals surface area contributed by atoms with Crippen molar-refractivity contribution in [3.63, 3.8) is 0 Å². The first kappa shape index (κ1) is 7.23. The maximum absolute atomic E-state index is 8.08. The number of allylic oxidation sites excluding steroid dienone is 2. The topological polar surface area (TPSA) is 23.8 Å². The van der Waals surface area contributed by atoms with Gasteiger partial charge in [0.05, 0.1) is 6.07 Å². The molecule has 0 N–H and O–H groups in total. The van der Waals surface area contributed by atoms with Crippen molar-refractivity contribution < 1.29 is 0 Å². The van der Waals surface area contributed by atoms with Crippen LogP contribution >= 0.6 is 0 Å². The van der Waals surface area contributed by atoms with E-state index in [2.05, 4.69) is 19.1 Å². The zero-order valence-corrected chi connectivity index (χ0v) is 5.22. The molecule has 0 amide bonds. The van der Waals surface area contributed by atoms with Crippen molar-refractivity contribution in [2.75, 3.05) is 0 Å². The van der Waals surface area contributed by atoms with Crippen molar-refractivity contribution >= 4 is 0 Å². The lowest BCUT2D eigenvalue weighted by atomic mass is 10.3. The van der Waals surface area contributed by atoms with Gasteiger partial charge in [-0.2, -0.15) is 5.26 Å². The maximum Gasteiger partial charge on any atom is 0.0624 e. The minimum absolute atomic E-state index is 0.649. The highest BCUT2D eigenvalue weighted by Crippen LogP contribution is 1.89. The Morgan fingerprint density at radius 1 is 1.50 bits per heavy atom. The van der Waals surface area contributed by atoms with Crippen molar-refractivity contribution in [3.05, 3.63) is 12.2 Å². The van der Waals surface area contributed by atoms with E-state index in [0.717, 1.165) is 12.8 Å². The molecule has 44 valence electrons. The second-order valence-electron chi connectivity index (χ2n) is 1.58. The number of hydrogen-bond donors (Lipinski definition) is 0. The zero-order chi connectivity index (χ0) is 6.24. The monoisotopic (exact) mass is 109 g/mol. The van der Waals surface area contributed by atoms with Crippen molar-refractivity contribution in [1.82, 2.24) is 0 Å². The Morgan fingerprint density at radius 3 is 2.75 bits per heavy atom. The summed E-state index contributed by atoms with van der Waals surface area (Å²) < 4.78 is 0. The molecular formula is C7H11N. The molecule has 1 nitrogen and oxygen atoms in total. The molecule has 0 saturated heterocycles. The molecular weight excluding hydrogens is 98.1 g/mol. The Labute approximate surface area is 50.6 Å². The van der Waals surface area contributed by atoms with Gasteiger partial charge in [0, 0.05) is 6.42 Å². The van der Waals surface area contributed by atoms with E-state index in [0.29, 0.717) is 6.42 Å². The van der Waals surface area contributed by atoms with Gasteiger partial charge in [-0.1, -0.05) is 19.1 Å². The molecule has 0 aliphatic carbocycles. The van der Waals surface area contributed by atoms with Crippen LogP contribution in [-0.2, 0) is 0 Å². The van der Waals surface area contributed by atoms with Crippen LogP contribution < -0.4 is 0 Å². The lowest BCUT2D eigenvalue weighted by molar-refractivity contribution is 1.05. The first-order valence-corrected chi connectivity index (χ1v) is 2.93. The van der Waals surface area contributed by atoms with Crippen LogP contribution in [0.2, 0.25) is 0 Å². The van der Waals surface area contributed by atoms with E-state index in [1.165, 1.54) is 0 Å². The number of unbranched alkanes of at least 4 members (excludes halogenated alkanes) is 1. The maximum atomic E-state index is 8.08. The minimum Gasteiger partial charge on any atom is -0.198 e. The molecule has 0 unspecified atom stereocenters. The summed E-state index contributed by atoms with van der Waals surface area (Å²) in [6.45, 7) is 2.09. The summed E-state index contributed by atoms with van der Waals surface area (Å²) in [6.07, 6.45) is 6.76. The Hall–Kier alpha value is -0.770. The fourth-order valence-corrected chi connectivity index (χ4v) is 0.432. The third kappa shape index (κ3) is 5.23. The highest BCUT2D eigenvalue weighted by Gasteiger charge is 1.73. The Kier molecular flexibility index (Phi) is 5.63. The van der Waals surface area contributed by atoms with Gasteiger partial charge in [-0.15, -0.1) is 0 Å². The van der Waals surface area contributed by atoms with Gasteiger partial charge in [0.2, 0.25) is 0 Å². The molecule has 0 aromatic rings. The van der Waals surface area contributed by atoms with Crippen LogP contribution in [0, 0.1) is 11.3 Å². The van der Waals surface area contributed by atoms with Crippen molar-refractivity contribution in [1.29, 1.82) is 5.26 Å². The predicted octanol–water partition coefficient (Wildman–Crippen LogP) is 2.26. The quantitative estimate of drug-likeness (QED) is 0.403. The third-order valence-corrected chi connectivity index (χ3v) is 0.825. The molecule has 0 bridgehead atoms. The summed E-state index contributed by atoms with van der Waals surface area (Å²) in [4.78, 5) is 0. The molecule has 0 aromatic heterocycles. The van der Waals surface area contributed by atoms with E-state index >= 15 is 0 Å². The summed E-state index contributed by atoms with van der Waals surface area (Å²) in [5, 5.41) is 8.08. The average Bonchev–Trinajstić information content (AvgIpc) is 1.81. The van der Waals surface area contributed by atoms with Gasteiger partial charge in [-0.3, -0.25) is 0 Å². The lowest BCUT2D eigenvalue weighted by Gasteiger charge is -1.78. The van der Waals surface area contributed by atoms with Crippen LogP contribution in [0.15, 0.2) is 12.2 Å². The summed E-state index contributed by atoms with van der Waals surface area (Å²) in [5.41, 5.74) is 0. The second kappa shape index (κ2) is 6.23. The van der Waals surface area contributed by atoms with Gasteiger partial charge in [-0.05, 0) is 12.8 Å². The fourth-order valence-electron chi connectivity index (χ4n) is 0.432. The van der Waals surface area contributed by atoms with Gasteiger partial charge in [0.25, 0.3) is 0 Å². The molecule has 0 spiro atoms. The van der Waals surface area contributed by atoms with Crippen molar-refractivity contribution in [3.8, 4) is 6.07 Å². The van der Waals surface area contributed by atoms with Crippen LogP contribution in [0.1, 0.15) is 26.2 Å². The van der Waals surface area contributed by atoms with E-state index in [9.17, 15) is 0 Å². The Balaban J connectivity index is 2.94. The van der Waals surface area contributed by atoms with E-state index in [1.54, 1.807) is 0 Å². The normalized spacial score (nSPS) is 9.50. The number of nitrogens with zero attached hydrogens (tertiary/aromatic N) is 1. The number of hydrogen-bond acceptors (Lipinski definition) is 1. The molecule has 1 heteroatoms. The summed E-state index contributed by atoms with van der Waals surface area (Å²) in [6, 6.07) is 2.08. The summed E-state index contributed by atoms with van der Waals surface area (Å²) in [7, 11) is 0. The molecule has 0 radical (unpaired) electrons. The number of nitriles is 1. The average molecular weight is 109 g/mol. The van der Waals surface area contributed by atoms with Gasteiger partial charge < -0.3 is 0 Å². The zero-order valence-electron chi connectivity index (χ0n) is 5.22. The molecule has 0 saturated carbocycles. The van der Waals surface area contributed by atoms with Crippen molar-refractivity contribution in [2.24, 2.45) is 0 Å². The SMILES string of the molecule is CC/C=C\CCC#N. The van der Waals surface area contributed by atoms with E-state index in [-0.39, 0.29) is 0 Å². The molecule has 0 aromatic carbocycles. The highest BCUT2D eigenvalue weighted by atomic mass is 14.2. The summed E-state index contributed by atoms with van der Waals surface area (Å²) >= 11 is 0. The van der Waals surface area contributed by atoms with E-state index in [4.69, 9.17) is 5.26 Å². The second-order valence-corrected chi connectivity index (χ2v) is 1.58. The van der Waals surface area contributed by atoms with Gasteiger partial charge in [0.15, 0.2) is 0 Å². The Bertz CT molecular complexity index is 97.4. The van der Waals surface area contributed by atoms with Gasteiger partial charge >= 0.3 is 0 Å². The largest absolute Gasteiger partial charge is 0.198 e. The smallest absolute Gasteiger partial charge is 0.0624 e. The molecule has 0 atom stereocenters.